The van der Waals surface area contributed by atoms with E-state index in [9.17, 15) is 17.6 Å². The van der Waals surface area contributed by atoms with E-state index in [1.807, 2.05) is 0 Å². The van der Waals surface area contributed by atoms with Crippen molar-refractivity contribution in [1.29, 1.82) is 0 Å². The molecule has 1 fully saturated rings. The Kier molecular flexibility index (Phi) is 5.63. The maximum absolute atomic E-state index is 13.5. The number of nitrogens with zero attached hydrogens (tertiary/aromatic N) is 3. The summed E-state index contributed by atoms with van der Waals surface area (Å²) in [6.07, 6.45) is 2.96. The lowest BCUT2D eigenvalue weighted by Crippen LogP contribution is -2.33. The largest absolute Gasteiger partial charge is 0.355 e. The van der Waals surface area contributed by atoms with E-state index in [4.69, 9.17) is 0 Å². The molecule has 1 aliphatic carbocycles. The number of hydrogen-bond acceptors (Lipinski definition) is 4. The third-order valence-corrected chi connectivity index (χ3v) is 7.36. The second kappa shape index (κ2) is 8.24. The van der Waals surface area contributed by atoms with E-state index in [2.05, 4.69) is 10.4 Å². The van der Waals surface area contributed by atoms with Gasteiger partial charge in [-0.15, -0.1) is 0 Å². The molecule has 0 saturated heterocycles. The standard InChI is InChI=1S/C22H23FN4O3S/c1-15-21(13-25-27(15)20-9-7-18(23)8-10-20)31(29,30)26(19-11-12-19)14-16-3-5-17(6-4-16)22(28)24-2/h3-10,13,19H,11-12,14H2,1-2H3,(H,24,28). The summed E-state index contributed by atoms with van der Waals surface area (Å²) in [5.74, 6) is -0.564. The first-order valence-corrected chi connectivity index (χ1v) is 11.4. The van der Waals surface area contributed by atoms with E-state index in [1.54, 1.807) is 50.4 Å². The van der Waals surface area contributed by atoms with Gasteiger partial charge in [-0.25, -0.2) is 17.5 Å². The smallest absolute Gasteiger partial charge is 0.251 e. The van der Waals surface area contributed by atoms with Crippen LogP contribution >= 0.6 is 0 Å². The molecule has 0 radical (unpaired) electrons. The molecule has 1 aliphatic rings. The number of sulfonamides is 1. The topological polar surface area (TPSA) is 84.3 Å². The molecule has 3 aromatic rings. The first-order chi connectivity index (χ1) is 14.8. The maximum Gasteiger partial charge on any atom is 0.251 e. The number of nitrogens with one attached hydrogen (secondary N) is 1. The highest BCUT2D eigenvalue weighted by atomic mass is 32.2. The average molecular weight is 443 g/mol. The van der Waals surface area contributed by atoms with E-state index in [-0.39, 0.29) is 29.2 Å². The van der Waals surface area contributed by atoms with Crippen molar-refractivity contribution in [3.05, 3.63) is 77.4 Å². The Morgan fingerprint density at radius 2 is 1.81 bits per heavy atom. The minimum Gasteiger partial charge on any atom is -0.355 e. The molecule has 1 amide bonds. The summed E-state index contributed by atoms with van der Waals surface area (Å²) in [5.41, 5.74) is 2.37. The number of carbonyl (C=O) groups is 1. The number of amides is 1. The third kappa shape index (κ3) is 4.24. The summed E-state index contributed by atoms with van der Waals surface area (Å²) in [7, 11) is -2.23. The molecular weight excluding hydrogens is 419 g/mol. The van der Waals surface area contributed by atoms with Gasteiger partial charge in [0.25, 0.3) is 5.91 Å². The van der Waals surface area contributed by atoms with Crippen LogP contribution in [0.2, 0.25) is 0 Å². The Morgan fingerprint density at radius 1 is 1.16 bits per heavy atom. The molecule has 4 rings (SSSR count). The van der Waals surface area contributed by atoms with Gasteiger partial charge in [0.05, 0.1) is 17.6 Å². The van der Waals surface area contributed by atoms with Crippen molar-refractivity contribution in [2.45, 2.75) is 37.2 Å². The highest BCUT2D eigenvalue weighted by molar-refractivity contribution is 7.89. The minimum absolute atomic E-state index is 0.0582. The Morgan fingerprint density at radius 3 is 2.39 bits per heavy atom. The van der Waals surface area contributed by atoms with Gasteiger partial charge in [0.15, 0.2) is 0 Å². The van der Waals surface area contributed by atoms with Crippen LogP contribution in [-0.2, 0) is 16.6 Å². The van der Waals surface area contributed by atoms with Crippen LogP contribution in [0.25, 0.3) is 5.69 Å². The third-order valence-electron chi connectivity index (χ3n) is 5.36. The van der Waals surface area contributed by atoms with Crippen molar-refractivity contribution in [3.63, 3.8) is 0 Å². The fourth-order valence-corrected chi connectivity index (χ4v) is 5.29. The summed E-state index contributed by atoms with van der Waals surface area (Å²) < 4.78 is 43.3. The Hall–Kier alpha value is -3.04. The van der Waals surface area contributed by atoms with E-state index in [0.29, 0.717) is 16.9 Å². The van der Waals surface area contributed by atoms with E-state index < -0.39 is 10.0 Å². The average Bonchev–Trinajstić information content (AvgIpc) is 3.53. The van der Waals surface area contributed by atoms with Crippen molar-refractivity contribution >= 4 is 15.9 Å². The summed E-state index contributed by atoms with van der Waals surface area (Å²) in [6.45, 7) is 1.90. The zero-order valence-electron chi connectivity index (χ0n) is 17.2. The van der Waals surface area contributed by atoms with Crippen LogP contribution in [0.5, 0.6) is 0 Å². The minimum atomic E-state index is -3.80. The summed E-state index contributed by atoms with van der Waals surface area (Å²) in [4.78, 5) is 11.9. The molecule has 1 N–H and O–H groups in total. The van der Waals surface area contributed by atoms with Crippen LogP contribution in [0, 0.1) is 12.7 Å². The van der Waals surface area contributed by atoms with E-state index >= 15 is 0 Å². The normalized spacial score (nSPS) is 14.1. The molecule has 1 heterocycles. The first-order valence-electron chi connectivity index (χ1n) is 9.94. The van der Waals surface area contributed by atoms with Gasteiger partial charge in [0, 0.05) is 25.2 Å². The molecule has 0 atom stereocenters. The lowest BCUT2D eigenvalue weighted by atomic mass is 10.1. The number of benzene rings is 2. The predicted octanol–water partition coefficient (Wildman–Crippen LogP) is 3.03. The SMILES string of the molecule is CNC(=O)c1ccc(CN(C2CC2)S(=O)(=O)c2cnn(-c3ccc(F)cc3)c2C)cc1. The van der Waals surface area contributed by atoms with Gasteiger partial charge in [-0.3, -0.25) is 4.79 Å². The number of rotatable bonds is 7. The molecule has 9 heteroatoms. The van der Waals surface area contributed by atoms with Gasteiger partial charge in [0.2, 0.25) is 10.0 Å². The molecule has 0 bridgehead atoms. The van der Waals surface area contributed by atoms with Crippen LogP contribution in [0.4, 0.5) is 4.39 Å². The molecule has 162 valence electrons. The van der Waals surface area contributed by atoms with Crippen LogP contribution in [0.3, 0.4) is 0 Å². The van der Waals surface area contributed by atoms with Crippen molar-refractivity contribution in [1.82, 2.24) is 19.4 Å². The Bertz CT molecular complexity index is 1200. The van der Waals surface area contributed by atoms with Gasteiger partial charge in [0.1, 0.15) is 10.7 Å². The Balaban J connectivity index is 1.63. The summed E-state index contributed by atoms with van der Waals surface area (Å²) >= 11 is 0. The zero-order valence-corrected chi connectivity index (χ0v) is 18.1. The second-order valence-corrected chi connectivity index (χ2v) is 9.40. The zero-order chi connectivity index (χ0) is 22.2. The van der Waals surface area contributed by atoms with Crippen molar-refractivity contribution in [3.8, 4) is 5.69 Å². The fraction of sp³-hybridized carbons (Fsp3) is 0.273. The first kappa shape index (κ1) is 21.2. The van der Waals surface area contributed by atoms with E-state index in [1.165, 1.54) is 27.3 Å². The molecule has 7 nitrogen and oxygen atoms in total. The molecule has 0 aliphatic heterocycles. The van der Waals surface area contributed by atoms with Crippen LogP contribution in [0.15, 0.2) is 59.6 Å². The van der Waals surface area contributed by atoms with Gasteiger partial charge < -0.3 is 5.32 Å². The number of aromatic nitrogens is 2. The van der Waals surface area contributed by atoms with Crippen molar-refractivity contribution < 1.29 is 17.6 Å². The monoisotopic (exact) mass is 442 g/mol. The summed E-state index contributed by atoms with van der Waals surface area (Å²) in [6, 6.07) is 12.6. The van der Waals surface area contributed by atoms with E-state index in [0.717, 1.165) is 18.4 Å². The van der Waals surface area contributed by atoms with Gasteiger partial charge in [-0.05, 0) is 61.7 Å². The maximum atomic E-state index is 13.5. The molecule has 0 unspecified atom stereocenters. The van der Waals surface area contributed by atoms with Crippen LogP contribution in [0.1, 0.15) is 34.5 Å². The lowest BCUT2D eigenvalue weighted by Gasteiger charge is -2.22. The molecule has 2 aromatic carbocycles. The molecule has 1 saturated carbocycles. The van der Waals surface area contributed by atoms with Gasteiger partial charge in [-0.2, -0.15) is 9.40 Å². The predicted molar refractivity (Wildman–Crippen MR) is 114 cm³/mol. The Labute approximate surface area is 180 Å². The lowest BCUT2D eigenvalue weighted by molar-refractivity contribution is 0.0963. The van der Waals surface area contributed by atoms with Crippen LogP contribution in [-0.4, -0.2) is 41.5 Å². The molecular formula is C22H23FN4O3S. The molecule has 0 spiro atoms. The summed E-state index contributed by atoms with van der Waals surface area (Å²) in [5, 5.41) is 6.80. The number of hydrogen-bond donors (Lipinski definition) is 1. The van der Waals surface area contributed by atoms with Crippen LogP contribution < -0.4 is 5.32 Å². The quantitative estimate of drug-likeness (QED) is 0.610. The van der Waals surface area contributed by atoms with Gasteiger partial charge >= 0.3 is 0 Å². The van der Waals surface area contributed by atoms with Crippen molar-refractivity contribution in [2.75, 3.05) is 7.05 Å². The van der Waals surface area contributed by atoms with Gasteiger partial charge in [-0.1, -0.05) is 12.1 Å². The van der Waals surface area contributed by atoms with Crippen molar-refractivity contribution in [2.24, 2.45) is 0 Å². The molecule has 31 heavy (non-hydrogen) atoms. The number of carbonyl (C=O) groups excluding carboxylic acids is 1. The number of halogens is 1. The second-order valence-electron chi connectivity index (χ2n) is 7.54. The highest BCUT2D eigenvalue weighted by Gasteiger charge is 2.39. The fourth-order valence-electron chi connectivity index (χ4n) is 3.48. The molecule has 1 aromatic heterocycles. The highest BCUT2D eigenvalue weighted by Crippen LogP contribution is 2.34.